The highest BCUT2D eigenvalue weighted by molar-refractivity contribution is 5.86. The van der Waals surface area contributed by atoms with Crippen molar-refractivity contribution in [2.45, 2.75) is 63.5 Å². The van der Waals surface area contributed by atoms with E-state index in [0.717, 1.165) is 37.7 Å². The maximum Gasteiger partial charge on any atom is 0.345 e. The number of hydrogen-bond acceptors (Lipinski definition) is 5. The molecule has 4 bridgehead atoms. The highest BCUT2D eigenvalue weighted by Gasteiger charge is 2.35. The first-order valence-electron chi connectivity index (χ1n) is 11.6. The Kier molecular flexibility index (Phi) is 7.27. The standard InChI is InChI=1S/C26H29NO6/c28-23-14-11-17-9-12-20(13-10-17)32-21-8-4-5-18(15-21)16-22(25(29)30)33-26(31)24(27-23)19-6-2-1-3-7-19/h4-5,8-10,12-13,15,19,22,24H,1-3,6-7,11,14,16H2,(H,27,28)(H,29,30). The number of benzene rings is 2. The summed E-state index contributed by atoms with van der Waals surface area (Å²) in [6, 6.07) is 13.8. The van der Waals surface area contributed by atoms with E-state index < -0.39 is 24.1 Å². The fourth-order valence-corrected chi connectivity index (χ4v) is 4.54. The number of carboxylic acid groups (broad SMARTS) is 1. The van der Waals surface area contributed by atoms with Crippen molar-refractivity contribution in [2.24, 2.45) is 5.92 Å². The van der Waals surface area contributed by atoms with Crippen LogP contribution in [-0.2, 0) is 32.0 Å². The summed E-state index contributed by atoms with van der Waals surface area (Å²) >= 11 is 0. The third kappa shape index (κ3) is 6.12. The highest BCUT2D eigenvalue weighted by atomic mass is 16.6. The van der Waals surface area contributed by atoms with Crippen molar-refractivity contribution >= 4 is 17.8 Å². The van der Waals surface area contributed by atoms with Crippen molar-refractivity contribution < 1.29 is 29.0 Å². The van der Waals surface area contributed by atoms with Crippen molar-refractivity contribution in [1.29, 1.82) is 0 Å². The number of aryl methyl sites for hydroxylation is 1. The van der Waals surface area contributed by atoms with Crippen LogP contribution in [0.15, 0.2) is 48.5 Å². The van der Waals surface area contributed by atoms with Gasteiger partial charge in [0, 0.05) is 12.8 Å². The minimum Gasteiger partial charge on any atom is -0.478 e. The summed E-state index contributed by atoms with van der Waals surface area (Å²) in [5, 5.41) is 12.6. The second-order valence-electron chi connectivity index (χ2n) is 8.80. The quantitative estimate of drug-likeness (QED) is 0.669. The Labute approximate surface area is 193 Å². The molecule has 2 atom stereocenters. The van der Waals surface area contributed by atoms with Gasteiger partial charge in [-0.05, 0) is 60.6 Å². The van der Waals surface area contributed by atoms with Gasteiger partial charge >= 0.3 is 11.9 Å². The fraction of sp³-hybridized carbons (Fsp3) is 0.423. The minimum atomic E-state index is -1.36. The van der Waals surface area contributed by atoms with Crippen molar-refractivity contribution in [1.82, 2.24) is 5.32 Å². The lowest BCUT2D eigenvalue weighted by atomic mass is 9.83. The predicted molar refractivity (Wildman–Crippen MR) is 121 cm³/mol. The molecule has 2 heterocycles. The number of nitrogens with one attached hydrogen (secondary N) is 1. The molecule has 1 fully saturated rings. The molecule has 33 heavy (non-hydrogen) atoms. The van der Waals surface area contributed by atoms with E-state index >= 15 is 0 Å². The van der Waals surface area contributed by atoms with E-state index in [0.29, 0.717) is 23.5 Å². The lowest BCUT2D eigenvalue weighted by Gasteiger charge is -2.30. The van der Waals surface area contributed by atoms with Gasteiger partial charge < -0.3 is 19.9 Å². The summed E-state index contributed by atoms with van der Waals surface area (Å²) in [7, 11) is 0. The topological polar surface area (TPSA) is 102 Å². The number of amides is 1. The molecule has 0 spiro atoms. The molecular formula is C26H29NO6. The van der Waals surface area contributed by atoms with Gasteiger partial charge in [0.2, 0.25) is 12.0 Å². The Balaban J connectivity index is 1.64. The van der Waals surface area contributed by atoms with Crippen LogP contribution in [0.2, 0.25) is 0 Å². The molecule has 7 heteroatoms. The van der Waals surface area contributed by atoms with Crippen LogP contribution in [0.1, 0.15) is 49.7 Å². The summed E-state index contributed by atoms with van der Waals surface area (Å²) in [4.78, 5) is 37.7. The van der Waals surface area contributed by atoms with E-state index in [1.165, 1.54) is 0 Å². The van der Waals surface area contributed by atoms with Crippen LogP contribution in [-0.4, -0.2) is 35.1 Å². The van der Waals surface area contributed by atoms with Crippen molar-refractivity contribution in [2.75, 3.05) is 0 Å². The Morgan fingerprint density at radius 1 is 0.909 bits per heavy atom. The van der Waals surface area contributed by atoms with Gasteiger partial charge in [0.15, 0.2) is 0 Å². The predicted octanol–water partition coefficient (Wildman–Crippen LogP) is 4.03. The molecule has 7 nitrogen and oxygen atoms in total. The average Bonchev–Trinajstić information content (AvgIpc) is 2.82. The van der Waals surface area contributed by atoms with Gasteiger partial charge in [-0.25, -0.2) is 9.59 Å². The zero-order chi connectivity index (χ0) is 23.2. The highest BCUT2D eigenvalue weighted by Crippen LogP contribution is 2.28. The summed E-state index contributed by atoms with van der Waals surface area (Å²) in [6.07, 6.45) is 4.05. The number of fused-ring (bicyclic) bond motifs is 10. The van der Waals surface area contributed by atoms with Crippen LogP contribution in [0.5, 0.6) is 11.5 Å². The zero-order valence-electron chi connectivity index (χ0n) is 18.5. The SMILES string of the molecule is O=C1CCc2ccc(cc2)Oc2cccc(c2)CC(C(=O)O)OC(=O)C(C2CCCCC2)N1. The minimum absolute atomic E-state index is 0.00252. The van der Waals surface area contributed by atoms with Gasteiger partial charge in [-0.1, -0.05) is 43.5 Å². The fourth-order valence-electron chi connectivity index (χ4n) is 4.54. The van der Waals surface area contributed by atoms with Crippen LogP contribution in [0.4, 0.5) is 0 Å². The average molecular weight is 452 g/mol. The zero-order valence-corrected chi connectivity index (χ0v) is 18.5. The van der Waals surface area contributed by atoms with Crippen LogP contribution in [0.25, 0.3) is 0 Å². The Hall–Kier alpha value is -3.35. The van der Waals surface area contributed by atoms with Gasteiger partial charge in [-0.3, -0.25) is 4.79 Å². The largest absolute Gasteiger partial charge is 0.478 e. The first-order valence-corrected chi connectivity index (χ1v) is 11.6. The van der Waals surface area contributed by atoms with E-state index in [2.05, 4.69) is 5.32 Å². The third-order valence-corrected chi connectivity index (χ3v) is 6.34. The Morgan fingerprint density at radius 3 is 2.39 bits per heavy atom. The second kappa shape index (κ2) is 10.5. The molecule has 3 aliphatic rings. The number of carboxylic acids is 1. The molecule has 1 amide bonds. The van der Waals surface area contributed by atoms with Gasteiger partial charge in [0.05, 0.1) is 0 Å². The second-order valence-corrected chi connectivity index (χ2v) is 8.80. The number of aliphatic carboxylic acids is 1. The van der Waals surface area contributed by atoms with Crippen LogP contribution >= 0.6 is 0 Å². The van der Waals surface area contributed by atoms with Gasteiger partial charge in [-0.15, -0.1) is 0 Å². The Morgan fingerprint density at radius 2 is 1.67 bits per heavy atom. The number of esters is 1. The lowest BCUT2D eigenvalue weighted by Crippen LogP contribution is -2.49. The Bertz CT molecular complexity index is 996. The number of carbonyl (C=O) groups excluding carboxylic acids is 2. The van der Waals surface area contributed by atoms with E-state index in [1.807, 2.05) is 24.3 Å². The molecule has 5 rings (SSSR count). The van der Waals surface area contributed by atoms with Crippen molar-refractivity contribution in [3.63, 3.8) is 0 Å². The molecule has 0 radical (unpaired) electrons. The molecule has 1 aliphatic carbocycles. The maximum absolute atomic E-state index is 13.1. The molecule has 0 saturated heterocycles. The van der Waals surface area contributed by atoms with Gasteiger partial charge in [0.1, 0.15) is 17.5 Å². The summed E-state index contributed by atoms with van der Waals surface area (Å²) in [6.45, 7) is 0. The van der Waals surface area contributed by atoms with Gasteiger partial charge in [-0.2, -0.15) is 0 Å². The van der Waals surface area contributed by atoms with Crippen LogP contribution < -0.4 is 10.1 Å². The molecule has 0 aromatic heterocycles. The molecule has 2 N–H and O–H groups in total. The summed E-state index contributed by atoms with van der Waals surface area (Å²) in [5.41, 5.74) is 1.66. The monoisotopic (exact) mass is 451 g/mol. The lowest BCUT2D eigenvalue weighted by molar-refractivity contribution is -0.167. The molecule has 2 aromatic rings. The van der Waals surface area contributed by atoms with Crippen LogP contribution in [0.3, 0.4) is 0 Å². The third-order valence-electron chi connectivity index (χ3n) is 6.34. The van der Waals surface area contributed by atoms with E-state index in [1.54, 1.807) is 24.3 Å². The van der Waals surface area contributed by atoms with Crippen molar-refractivity contribution in [3.05, 3.63) is 59.7 Å². The molecule has 2 aliphatic heterocycles. The van der Waals surface area contributed by atoms with E-state index in [4.69, 9.17) is 9.47 Å². The number of carbonyl (C=O) groups is 3. The summed E-state index contributed by atoms with van der Waals surface area (Å²) < 4.78 is 11.4. The maximum atomic E-state index is 13.1. The molecule has 2 aromatic carbocycles. The van der Waals surface area contributed by atoms with Gasteiger partial charge in [0.25, 0.3) is 0 Å². The number of rotatable bonds is 2. The normalized spacial score (nSPS) is 22.5. The molecular weight excluding hydrogens is 422 g/mol. The van der Waals surface area contributed by atoms with Crippen LogP contribution in [0, 0.1) is 5.92 Å². The summed E-state index contributed by atoms with van der Waals surface area (Å²) in [5.74, 6) is -0.992. The first-order chi connectivity index (χ1) is 16.0. The van der Waals surface area contributed by atoms with E-state index in [9.17, 15) is 19.5 Å². The molecule has 1 saturated carbocycles. The number of hydrogen-bond donors (Lipinski definition) is 2. The first kappa shape index (κ1) is 22.8. The molecule has 174 valence electrons. The van der Waals surface area contributed by atoms with Crippen molar-refractivity contribution in [3.8, 4) is 11.5 Å². The smallest absolute Gasteiger partial charge is 0.345 e. The number of ether oxygens (including phenoxy) is 2. The molecule has 2 unspecified atom stereocenters. The van der Waals surface area contributed by atoms with E-state index in [-0.39, 0.29) is 24.7 Å².